The molecule has 19 heavy (non-hydrogen) atoms. The van der Waals surface area contributed by atoms with Crippen molar-refractivity contribution in [3.63, 3.8) is 0 Å². The normalized spacial score (nSPS) is 10.1. The number of hydrogen-bond acceptors (Lipinski definition) is 4. The number of nitrogens with zero attached hydrogens (tertiary/aromatic N) is 1. The van der Waals surface area contributed by atoms with E-state index >= 15 is 0 Å². The molecule has 0 aliphatic heterocycles. The van der Waals surface area contributed by atoms with Gasteiger partial charge in [-0.3, -0.25) is 9.69 Å². The minimum absolute atomic E-state index is 0.0213. The van der Waals surface area contributed by atoms with Gasteiger partial charge in [-0.15, -0.1) is 11.3 Å². The summed E-state index contributed by atoms with van der Waals surface area (Å²) in [6, 6.07) is 1.95. The predicted molar refractivity (Wildman–Crippen MR) is 77.9 cm³/mol. The first-order valence-electron chi connectivity index (χ1n) is 6.30. The van der Waals surface area contributed by atoms with Crippen molar-refractivity contribution >= 4 is 17.2 Å². The molecule has 4 nitrogen and oxygen atoms in total. The van der Waals surface area contributed by atoms with Gasteiger partial charge >= 0.3 is 0 Å². The monoisotopic (exact) mass is 280 g/mol. The Bertz CT molecular complexity index is 460. The number of carbonyl (C=O) groups is 1. The van der Waals surface area contributed by atoms with Crippen molar-refractivity contribution < 1.29 is 9.90 Å². The highest BCUT2D eigenvalue weighted by Gasteiger charge is 2.12. The van der Waals surface area contributed by atoms with Gasteiger partial charge < -0.3 is 10.4 Å². The second-order valence-electron chi connectivity index (χ2n) is 4.10. The van der Waals surface area contributed by atoms with Crippen LogP contribution in [0.5, 0.6) is 0 Å². The Hall–Kier alpha value is -1.35. The lowest BCUT2D eigenvalue weighted by Gasteiger charge is -2.20. The molecular weight excluding hydrogens is 260 g/mol. The standard InChI is InChI=1S/C14H20N2O2S/c1-3-7-16(11-14(18)15-2)10-13-12(5-4-8-17)6-9-19-13/h6,9,17H,3,7-8,10-11H2,1-2H3,(H,15,18). The van der Waals surface area contributed by atoms with E-state index in [4.69, 9.17) is 5.11 Å². The summed E-state index contributed by atoms with van der Waals surface area (Å²) in [5.41, 5.74) is 0.942. The van der Waals surface area contributed by atoms with E-state index < -0.39 is 0 Å². The molecule has 0 aliphatic rings. The van der Waals surface area contributed by atoms with Crippen molar-refractivity contribution in [1.29, 1.82) is 0 Å². The number of likely N-dealkylation sites (N-methyl/N-ethyl adjacent to an activating group) is 1. The first-order chi connectivity index (χ1) is 9.21. The Morgan fingerprint density at radius 2 is 2.37 bits per heavy atom. The zero-order valence-electron chi connectivity index (χ0n) is 11.4. The minimum Gasteiger partial charge on any atom is -0.384 e. The molecule has 0 aromatic carbocycles. The van der Waals surface area contributed by atoms with E-state index in [1.807, 2.05) is 11.4 Å². The zero-order valence-corrected chi connectivity index (χ0v) is 12.2. The number of amides is 1. The van der Waals surface area contributed by atoms with Gasteiger partial charge in [0.15, 0.2) is 0 Å². The number of nitrogens with one attached hydrogen (secondary N) is 1. The van der Waals surface area contributed by atoms with Crippen molar-refractivity contribution in [3.8, 4) is 11.8 Å². The summed E-state index contributed by atoms with van der Waals surface area (Å²) < 4.78 is 0. The zero-order chi connectivity index (χ0) is 14.1. The third kappa shape index (κ3) is 5.43. The third-order valence-corrected chi connectivity index (χ3v) is 3.51. The fourth-order valence-corrected chi connectivity index (χ4v) is 2.60. The topological polar surface area (TPSA) is 52.6 Å². The second kappa shape index (κ2) is 8.70. The summed E-state index contributed by atoms with van der Waals surface area (Å²) in [4.78, 5) is 14.7. The van der Waals surface area contributed by atoms with Crippen LogP contribution in [0.25, 0.3) is 0 Å². The molecule has 1 aromatic rings. The molecule has 1 amide bonds. The molecule has 0 bridgehead atoms. The van der Waals surface area contributed by atoms with Crippen LogP contribution < -0.4 is 5.32 Å². The van der Waals surface area contributed by atoms with Gasteiger partial charge in [0.2, 0.25) is 5.91 Å². The molecule has 1 aromatic heterocycles. The summed E-state index contributed by atoms with van der Waals surface area (Å²) >= 11 is 1.63. The predicted octanol–water partition coefficient (Wildman–Crippen LogP) is 1.05. The number of rotatable bonds is 6. The number of aliphatic hydroxyl groups excluding tert-OH is 1. The first-order valence-corrected chi connectivity index (χ1v) is 7.18. The fourth-order valence-electron chi connectivity index (χ4n) is 1.72. The van der Waals surface area contributed by atoms with Crippen molar-refractivity contribution in [2.45, 2.75) is 19.9 Å². The molecule has 0 unspecified atom stereocenters. The van der Waals surface area contributed by atoms with Gasteiger partial charge in [-0.05, 0) is 24.4 Å². The van der Waals surface area contributed by atoms with E-state index in [-0.39, 0.29) is 12.5 Å². The molecule has 5 heteroatoms. The van der Waals surface area contributed by atoms with E-state index in [1.54, 1.807) is 18.4 Å². The Labute approximate surface area is 118 Å². The fraction of sp³-hybridized carbons (Fsp3) is 0.500. The van der Waals surface area contributed by atoms with Crippen LogP contribution in [0.4, 0.5) is 0 Å². The molecule has 0 spiro atoms. The maximum Gasteiger partial charge on any atom is 0.233 e. The maximum absolute atomic E-state index is 11.5. The van der Waals surface area contributed by atoms with E-state index in [0.717, 1.165) is 23.4 Å². The average molecular weight is 280 g/mol. The molecule has 1 heterocycles. The second-order valence-corrected chi connectivity index (χ2v) is 5.10. The lowest BCUT2D eigenvalue weighted by molar-refractivity contribution is -0.121. The van der Waals surface area contributed by atoms with Gasteiger partial charge in [0.1, 0.15) is 6.61 Å². The van der Waals surface area contributed by atoms with Crippen LogP contribution in [-0.2, 0) is 11.3 Å². The lowest BCUT2D eigenvalue weighted by Crippen LogP contribution is -2.35. The molecule has 2 N–H and O–H groups in total. The van der Waals surface area contributed by atoms with Gasteiger partial charge in [0, 0.05) is 24.0 Å². The molecule has 0 saturated heterocycles. The highest BCUT2D eigenvalue weighted by Crippen LogP contribution is 2.18. The number of aliphatic hydroxyl groups is 1. The number of thiophene rings is 1. The molecule has 104 valence electrons. The van der Waals surface area contributed by atoms with Crippen molar-refractivity contribution in [2.75, 3.05) is 26.7 Å². The van der Waals surface area contributed by atoms with E-state index in [2.05, 4.69) is 29.0 Å². The summed E-state index contributed by atoms with van der Waals surface area (Å²) in [6.45, 7) is 3.95. The van der Waals surface area contributed by atoms with Crippen LogP contribution in [0.1, 0.15) is 23.8 Å². The van der Waals surface area contributed by atoms with Crippen LogP contribution in [0.3, 0.4) is 0 Å². The summed E-state index contributed by atoms with van der Waals surface area (Å²) in [7, 11) is 1.65. The maximum atomic E-state index is 11.5. The van der Waals surface area contributed by atoms with Crippen LogP contribution in [0, 0.1) is 11.8 Å². The van der Waals surface area contributed by atoms with Gasteiger partial charge in [-0.1, -0.05) is 18.8 Å². The smallest absolute Gasteiger partial charge is 0.233 e. The van der Waals surface area contributed by atoms with Crippen LogP contribution in [0.2, 0.25) is 0 Å². The SMILES string of the molecule is CCCN(CC(=O)NC)Cc1sccc1C#CCO. The Morgan fingerprint density at radius 1 is 1.58 bits per heavy atom. The van der Waals surface area contributed by atoms with Gasteiger partial charge in [-0.2, -0.15) is 0 Å². The van der Waals surface area contributed by atoms with Crippen LogP contribution in [-0.4, -0.2) is 42.7 Å². The Balaban J connectivity index is 2.73. The molecule has 0 fully saturated rings. The molecule has 0 radical (unpaired) electrons. The largest absolute Gasteiger partial charge is 0.384 e. The third-order valence-electron chi connectivity index (χ3n) is 2.60. The van der Waals surface area contributed by atoms with Crippen LogP contribution >= 0.6 is 11.3 Å². The van der Waals surface area contributed by atoms with Gasteiger partial charge in [0.25, 0.3) is 0 Å². The lowest BCUT2D eigenvalue weighted by atomic mass is 10.2. The molecule has 0 atom stereocenters. The van der Waals surface area contributed by atoms with Crippen molar-refractivity contribution in [1.82, 2.24) is 10.2 Å². The molecule has 1 rings (SSSR count). The van der Waals surface area contributed by atoms with Gasteiger partial charge in [-0.25, -0.2) is 0 Å². The average Bonchev–Trinajstić information content (AvgIpc) is 2.83. The van der Waals surface area contributed by atoms with E-state index in [1.165, 1.54) is 0 Å². The highest BCUT2D eigenvalue weighted by molar-refractivity contribution is 7.10. The van der Waals surface area contributed by atoms with Crippen molar-refractivity contribution in [3.05, 3.63) is 21.9 Å². The van der Waals surface area contributed by atoms with Crippen molar-refractivity contribution in [2.24, 2.45) is 0 Å². The summed E-state index contributed by atoms with van der Waals surface area (Å²) in [6.07, 6.45) is 1.00. The first kappa shape index (κ1) is 15.7. The Morgan fingerprint density at radius 3 is 3.00 bits per heavy atom. The number of hydrogen-bond donors (Lipinski definition) is 2. The summed E-state index contributed by atoms with van der Waals surface area (Å²) in [5, 5.41) is 13.4. The molecular formula is C14H20N2O2S. The van der Waals surface area contributed by atoms with E-state index in [9.17, 15) is 4.79 Å². The summed E-state index contributed by atoms with van der Waals surface area (Å²) in [5.74, 6) is 5.62. The molecule has 0 aliphatic carbocycles. The molecule has 0 saturated carbocycles. The van der Waals surface area contributed by atoms with E-state index in [0.29, 0.717) is 13.1 Å². The highest BCUT2D eigenvalue weighted by atomic mass is 32.1. The van der Waals surface area contributed by atoms with Crippen LogP contribution in [0.15, 0.2) is 11.4 Å². The quantitative estimate of drug-likeness (QED) is 0.766. The number of carbonyl (C=O) groups excluding carboxylic acids is 1. The minimum atomic E-state index is -0.133. The Kier molecular flexibility index (Phi) is 7.19. The van der Waals surface area contributed by atoms with Gasteiger partial charge in [0.05, 0.1) is 6.54 Å².